The van der Waals surface area contributed by atoms with Gasteiger partial charge < -0.3 is 15.5 Å². The van der Waals surface area contributed by atoms with Gasteiger partial charge in [-0.1, -0.05) is 26.0 Å². The van der Waals surface area contributed by atoms with Crippen LogP contribution in [0.5, 0.6) is 0 Å². The summed E-state index contributed by atoms with van der Waals surface area (Å²) in [6, 6.07) is 5.16. The second kappa shape index (κ2) is 7.14. The van der Waals surface area contributed by atoms with Crippen molar-refractivity contribution in [2.45, 2.75) is 47.5 Å². The van der Waals surface area contributed by atoms with Crippen molar-refractivity contribution in [1.29, 1.82) is 0 Å². The number of amides is 3. The van der Waals surface area contributed by atoms with E-state index in [4.69, 9.17) is 10.2 Å². The van der Waals surface area contributed by atoms with Crippen LogP contribution in [0.15, 0.2) is 27.7 Å². The molecular formula is C21H26N4O3. The van der Waals surface area contributed by atoms with Crippen LogP contribution in [0, 0.1) is 26.2 Å². The number of hydrogen-bond acceptors (Lipinski definition) is 4. The van der Waals surface area contributed by atoms with Gasteiger partial charge in [-0.05, 0) is 49.8 Å². The van der Waals surface area contributed by atoms with E-state index in [2.05, 4.69) is 29.7 Å². The molecule has 0 unspecified atom stereocenters. The predicted octanol–water partition coefficient (Wildman–Crippen LogP) is 3.80. The van der Waals surface area contributed by atoms with E-state index in [0.29, 0.717) is 29.9 Å². The number of urea groups is 1. The first-order valence-electron chi connectivity index (χ1n) is 9.20. The van der Waals surface area contributed by atoms with E-state index in [1.165, 1.54) is 0 Å². The maximum absolute atomic E-state index is 12.9. The van der Waals surface area contributed by atoms with Gasteiger partial charge in [0, 0.05) is 23.2 Å². The number of nitrogens with zero attached hydrogens (tertiary/aromatic N) is 1. The molecule has 1 aromatic heterocycles. The Morgan fingerprint density at radius 2 is 1.89 bits per heavy atom. The van der Waals surface area contributed by atoms with Gasteiger partial charge in [0.15, 0.2) is 5.76 Å². The van der Waals surface area contributed by atoms with E-state index < -0.39 is 6.03 Å². The van der Waals surface area contributed by atoms with Crippen molar-refractivity contribution in [2.75, 3.05) is 5.32 Å². The third-order valence-corrected chi connectivity index (χ3v) is 4.94. The minimum atomic E-state index is -0.730. The van der Waals surface area contributed by atoms with Crippen LogP contribution in [-0.2, 0) is 6.42 Å². The molecule has 1 aromatic carbocycles. The Morgan fingerprint density at radius 3 is 2.57 bits per heavy atom. The van der Waals surface area contributed by atoms with Crippen molar-refractivity contribution in [3.63, 3.8) is 0 Å². The average molecular weight is 382 g/mol. The van der Waals surface area contributed by atoms with Crippen LogP contribution in [0.3, 0.4) is 0 Å². The monoisotopic (exact) mass is 382 g/mol. The van der Waals surface area contributed by atoms with Gasteiger partial charge in [0.05, 0.1) is 5.71 Å². The number of primary amides is 1. The van der Waals surface area contributed by atoms with Crippen molar-refractivity contribution in [3.05, 3.63) is 52.0 Å². The lowest BCUT2D eigenvalue weighted by molar-refractivity contribution is 0.0992. The molecule has 28 heavy (non-hydrogen) atoms. The Balaban J connectivity index is 1.99. The lowest BCUT2D eigenvalue weighted by atomic mass is 9.75. The van der Waals surface area contributed by atoms with Crippen molar-refractivity contribution in [3.8, 4) is 0 Å². The summed E-state index contributed by atoms with van der Waals surface area (Å²) in [6.45, 7) is 9.92. The molecule has 0 radical (unpaired) electrons. The van der Waals surface area contributed by atoms with Crippen LogP contribution in [0.4, 0.5) is 10.5 Å². The fraction of sp³-hybridized carbons (Fsp3) is 0.381. The Morgan fingerprint density at radius 1 is 1.18 bits per heavy atom. The van der Waals surface area contributed by atoms with Crippen molar-refractivity contribution in [1.82, 2.24) is 5.43 Å². The molecule has 7 nitrogen and oxygen atoms in total. The number of hydrogen-bond donors (Lipinski definition) is 3. The van der Waals surface area contributed by atoms with Gasteiger partial charge in [-0.15, -0.1) is 0 Å². The molecule has 1 aliphatic carbocycles. The molecule has 4 N–H and O–H groups in total. The molecule has 1 heterocycles. The highest BCUT2D eigenvalue weighted by Crippen LogP contribution is 2.39. The number of hydrazone groups is 1. The smallest absolute Gasteiger partial charge is 0.332 e. The summed E-state index contributed by atoms with van der Waals surface area (Å²) in [5.41, 5.74) is 12.3. The van der Waals surface area contributed by atoms with Crippen LogP contribution >= 0.6 is 0 Å². The Bertz CT molecular complexity index is 986. The molecular weight excluding hydrogens is 356 g/mol. The highest BCUT2D eigenvalue weighted by Gasteiger charge is 2.36. The summed E-state index contributed by atoms with van der Waals surface area (Å²) in [6.07, 6.45) is 1.31. The molecule has 0 saturated carbocycles. The van der Waals surface area contributed by atoms with E-state index in [-0.39, 0.29) is 17.1 Å². The summed E-state index contributed by atoms with van der Waals surface area (Å²) in [5.74, 6) is 0.654. The average Bonchev–Trinajstić information content (AvgIpc) is 2.91. The van der Waals surface area contributed by atoms with E-state index in [1.54, 1.807) is 0 Å². The zero-order chi connectivity index (χ0) is 20.6. The molecule has 7 heteroatoms. The standard InChI is InChI=1S/C21H26N4O3/c1-11-6-7-12(2)14(8-11)23-19(26)18-13(3)17-15(24-25-20(22)27)9-21(4,5)10-16(17)28-18/h6-8H,9-10H2,1-5H3,(H,23,26)(H3,22,25,27)/b24-15-. The van der Waals surface area contributed by atoms with E-state index in [1.807, 2.05) is 39.0 Å². The minimum absolute atomic E-state index is 0.115. The van der Waals surface area contributed by atoms with Crippen LogP contribution in [0.25, 0.3) is 0 Å². The van der Waals surface area contributed by atoms with Gasteiger partial charge in [0.1, 0.15) is 5.76 Å². The van der Waals surface area contributed by atoms with E-state index in [0.717, 1.165) is 22.4 Å². The van der Waals surface area contributed by atoms with Crippen molar-refractivity contribution < 1.29 is 14.0 Å². The molecule has 0 fully saturated rings. The number of carbonyl (C=O) groups is 2. The normalized spacial score (nSPS) is 16.5. The number of furan rings is 1. The number of fused-ring (bicyclic) bond motifs is 1. The first-order chi connectivity index (χ1) is 13.1. The second-order valence-corrected chi connectivity index (χ2v) is 8.18. The third kappa shape index (κ3) is 3.93. The second-order valence-electron chi connectivity index (χ2n) is 8.18. The molecule has 3 rings (SSSR count). The Hall–Kier alpha value is -3.09. The fourth-order valence-corrected chi connectivity index (χ4v) is 3.60. The number of nitrogens with one attached hydrogen (secondary N) is 2. The molecule has 148 valence electrons. The Kier molecular flexibility index (Phi) is 5.02. The van der Waals surface area contributed by atoms with Crippen LogP contribution in [0.2, 0.25) is 0 Å². The fourth-order valence-electron chi connectivity index (χ4n) is 3.60. The molecule has 0 aliphatic heterocycles. The third-order valence-electron chi connectivity index (χ3n) is 4.94. The van der Waals surface area contributed by atoms with E-state index >= 15 is 0 Å². The van der Waals surface area contributed by atoms with Crippen molar-refractivity contribution in [2.24, 2.45) is 16.3 Å². The minimum Gasteiger partial charge on any atom is -0.455 e. The van der Waals surface area contributed by atoms with Gasteiger partial charge in [-0.25, -0.2) is 10.2 Å². The number of rotatable bonds is 3. The molecule has 0 spiro atoms. The molecule has 0 bridgehead atoms. The molecule has 2 aromatic rings. The van der Waals surface area contributed by atoms with E-state index in [9.17, 15) is 9.59 Å². The molecule has 0 atom stereocenters. The van der Waals surface area contributed by atoms with Gasteiger partial charge in [-0.3, -0.25) is 4.79 Å². The topological polar surface area (TPSA) is 110 Å². The summed E-state index contributed by atoms with van der Waals surface area (Å²) in [5, 5.41) is 7.10. The zero-order valence-electron chi connectivity index (χ0n) is 16.9. The molecule has 3 amide bonds. The SMILES string of the molecule is Cc1ccc(C)c(NC(=O)c2oc3c(c2C)/C(=N\NC(N)=O)CC(C)(C)C3)c1. The number of carbonyl (C=O) groups excluding carboxylic acids is 2. The van der Waals surface area contributed by atoms with Crippen LogP contribution in [-0.4, -0.2) is 17.6 Å². The zero-order valence-corrected chi connectivity index (χ0v) is 16.9. The highest BCUT2D eigenvalue weighted by atomic mass is 16.4. The number of nitrogens with two attached hydrogens (primary N) is 1. The first-order valence-corrected chi connectivity index (χ1v) is 9.20. The quantitative estimate of drug-likeness (QED) is 0.702. The Labute approximate surface area is 164 Å². The largest absolute Gasteiger partial charge is 0.455 e. The molecule has 0 saturated heterocycles. The lowest BCUT2D eigenvalue weighted by Crippen LogP contribution is -2.31. The van der Waals surface area contributed by atoms with Gasteiger partial charge >= 0.3 is 6.03 Å². The van der Waals surface area contributed by atoms with Crippen LogP contribution in [0.1, 0.15) is 58.8 Å². The number of aryl methyl sites for hydroxylation is 2. The molecule has 1 aliphatic rings. The number of benzene rings is 1. The summed E-state index contributed by atoms with van der Waals surface area (Å²) >= 11 is 0. The number of anilines is 1. The van der Waals surface area contributed by atoms with Gasteiger partial charge in [0.25, 0.3) is 5.91 Å². The first kappa shape index (κ1) is 19.7. The summed E-state index contributed by atoms with van der Waals surface area (Å²) in [4.78, 5) is 24.0. The maximum Gasteiger partial charge on any atom is 0.332 e. The highest BCUT2D eigenvalue weighted by molar-refractivity contribution is 6.09. The van der Waals surface area contributed by atoms with Gasteiger partial charge in [0.2, 0.25) is 0 Å². The maximum atomic E-state index is 12.9. The van der Waals surface area contributed by atoms with Crippen molar-refractivity contribution >= 4 is 23.3 Å². The van der Waals surface area contributed by atoms with Gasteiger partial charge in [-0.2, -0.15) is 5.10 Å². The van der Waals surface area contributed by atoms with Crippen LogP contribution < -0.4 is 16.5 Å². The summed E-state index contributed by atoms with van der Waals surface area (Å²) < 4.78 is 5.98. The summed E-state index contributed by atoms with van der Waals surface area (Å²) in [7, 11) is 0. The lowest BCUT2D eigenvalue weighted by Gasteiger charge is -2.29. The predicted molar refractivity (Wildman–Crippen MR) is 109 cm³/mol.